The van der Waals surface area contributed by atoms with E-state index in [4.69, 9.17) is 23.2 Å². The summed E-state index contributed by atoms with van der Waals surface area (Å²) in [4.78, 5) is 14.7. The summed E-state index contributed by atoms with van der Waals surface area (Å²) in [5.41, 5.74) is 5.69. The number of nitrogens with one attached hydrogen (secondary N) is 1. The minimum Gasteiger partial charge on any atom is -0.326 e. The first-order chi connectivity index (χ1) is 17.5. The van der Waals surface area contributed by atoms with E-state index >= 15 is 0 Å². The molecular formula is C30H29Cl2N3O. The highest BCUT2D eigenvalue weighted by Crippen LogP contribution is 2.34. The summed E-state index contributed by atoms with van der Waals surface area (Å²) < 4.78 is 2.19. The maximum absolute atomic E-state index is 12.2. The Morgan fingerprint density at radius 1 is 0.889 bits per heavy atom. The van der Waals surface area contributed by atoms with E-state index in [1.807, 2.05) is 36.4 Å². The Bertz CT molecular complexity index is 1420. The molecule has 1 N–H and O–H groups in total. The van der Waals surface area contributed by atoms with Crippen LogP contribution in [0.15, 0.2) is 72.9 Å². The van der Waals surface area contributed by atoms with Crippen LogP contribution in [0.25, 0.3) is 16.6 Å². The van der Waals surface area contributed by atoms with Crippen LogP contribution in [0.3, 0.4) is 0 Å². The summed E-state index contributed by atoms with van der Waals surface area (Å²) in [6.45, 7) is 2.98. The van der Waals surface area contributed by atoms with Crippen LogP contribution in [0.4, 0.5) is 5.69 Å². The lowest BCUT2D eigenvalue weighted by Crippen LogP contribution is -2.32. The molecule has 0 radical (unpaired) electrons. The second-order valence-electron chi connectivity index (χ2n) is 10.1. The Labute approximate surface area is 221 Å². The molecule has 6 heteroatoms. The molecule has 6 rings (SSSR count). The van der Waals surface area contributed by atoms with Crippen LogP contribution in [-0.2, 0) is 11.3 Å². The van der Waals surface area contributed by atoms with Crippen molar-refractivity contribution < 1.29 is 4.79 Å². The zero-order valence-corrected chi connectivity index (χ0v) is 21.6. The number of rotatable bonds is 6. The van der Waals surface area contributed by atoms with Crippen LogP contribution < -0.4 is 5.32 Å². The molecule has 0 bridgehead atoms. The average molecular weight is 518 g/mol. The largest absolute Gasteiger partial charge is 0.326 e. The van der Waals surface area contributed by atoms with Crippen molar-refractivity contribution in [1.82, 2.24) is 9.47 Å². The van der Waals surface area contributed by atoms with Gasteiger partial charge in [-0.05, 0) is 98.3 Å². The molecule has 1 saturated carbocycles. The number of hydrogen-bond donors (Lipinski definition) is 1. The molecule has 2 aliphatic rings. The molecule has 1 aliphatic heterocycles. The van der Waals surface area contributed by atoms with Crippen molar-refractivity contribution in [2.75, 3.05) is 18.4 Å². The second kappa shape index (κ2) is 9.93. The number of fused-ring (bicyclic) bond motifs is 1. The number of carbonyl (C=O) groups excluding carboxylic acids is 1. The van der Waals surface area contributed by atoms with Gasteiger partial charge in [0.25, 0.3) is 0 Å². The van der Waals surface area contributed by atoms with Crippen molar-refractivity contribution in [2.45, 2.75) is 38.1 Å². The minimum absolute atomic E-state index is 0.167. The molecule has 1 aliphatic carbocycles. The third-order valence-corrected chi connectivity index (χ3v) is 7.96. The molecule has 36 heavy (non-hydrogen) atoms. The normalized spacial score (nSPS) is 16.9. The number of halogens is 2. The van der Waals surface area contributed by atoms with Crippen LogP contribution in [0, 0.1) is 5.92 Å². The van der Waals surface area contributed by atoms with Crippen LogP contribution in [-0.4, -0.2) is 28.5 Å². The first-order valence-corrected chi connectivity index (χ1v) is 13.5. The van der Waals surface area contributed by atoms with Crippen molar-refractivity contribution in [3.05, 3.63) is 94.1 Å². The molecule has 1 aromatic heterocycles. The van der Waals surface area contributed by atoms with Gasteiger partial charge in [0.1, 0.15) is 0 Å². The standard InChI is InChI=1S/C30H29Cl2N3O/c31-24-4-2-6-27(16-24)35-19-23(28-10-9-25(32)17-29(28)35)18-34-13-11-20(12-14-34)22-3-1-5-26(15-22)33-30(36)21-7-8-21/h1-6,9-10,15-17,19-21H,7-8,11-14,18H2,(H,33,36). The third-order valence-electron chi connectivity index (χ3n) is 7.49. The lowest BCUT2D eigenvalue weighted by Gasteiger charge is -2.32. The number of anilines is 1. The summed E-state index contributed by atoms with van der Waals surface area (Å²) in [7, 11) is 0. The maximum Gasteiger partial charge on any atom is 0.227 e. The van der Waals surface area contributed by atoms with Gasteiger partial charge < -0.3 is 9.88 Å². The zero-order valence-electron chi connectivity index (χ0n) is 20.1. The molecule has 1 amide bonds. The molecule has 2 fully saturated rings. The Morgan fingerprint density at radius 3 is 2.44 bits per heavy atom. The van der Waals surface area contributed by atoms with Gasteiger partial charge in [0.15, 0.2) is 0 Å². The molecule has 184 valence electrons. The van der Waals surface area contributed by atoms with Crippen molar-refractivity contribution in [1.29, 1.82) is 0 Å². The second-order valence-corrected chi connectivity index (χ2v) is 11.0. The topological polar surface area (TPSA) is 37.3 Å². The lowest BCUT2D eigenvalue weighted by molar-refractivity contribution is -0.117. The van der Waals surface area contributed by atoms with Gasteiger partial charge in [-0.25, -0.2) is 0 Å². The van der Waals surface area contributed by atoms with Gasteiger partial charge >= 0.3 is 0 Å². The first-order valence-electron chi connectivity index (χ1n) is 12.7. The fourth-order valence-electron chi connectivity index (χ4n) is 5.36. The molecule has 2 heterocycles. The van der Waals surface area contributed by atoms with Gasteiger partial charge in [-0.15, -0.1) is 0 Å². The van der Waals surface area contributed by atoms with Crippen molar-refractivity contribution in [3.63, 3.8) is 0 Å². The fourth-order valence-corrected chi connectivity index (χ4v) is 5.71. The Morgan fingerprint density at radius 2 is 1.67 bits per heavy atom. The van der Waals surface area contributed by atoms with Gasteiger partial charge in [-0.1, -0.05) is 47.5 Å². The predicted octanol–water partition coefficient (Wildman–Crippen LogP) is 7.67. The third kappa shape index (κ3) is 5.04. The summed E-state index contributed by atoms with van der Waals surface area (Å²) in [6, 6.07) is 22.5. The molecule has 0 spiro atoms. The number of aromatic nitrogens is 1. The highest BCUT2D eigenvalue weighted by molar-refractivity contribution is 6.31. The van der Waals surface area contributed by atoms with E-state index in [9.17, 15) is 4.79 Å². The number of benzene rings is 3. The van der Waals surface area contributed by atoms with Gasteiger partial charge in [-0.3, -0.25) is 9.69 Å². The van der Waals surface area contributed by atoms with E-state index in [0.29, 0.717) is 5.92 Å². The van der Waals surface area contributed by atoms with Crippen LogP contribution >= 0.6 is 23.2 Å². The van der Waals surface area contributed by atoms with Crippen LogP contribution in [0.5, 0.6) is 0 Å². The van der Waals surface area contributed by atoms with Crippen LogP contribution in [0.1, 0.15) is 42.7 Å². The van der Waals surface area contributed by atoms with E-state index in [2.05, 4.69) is 51.3 Å². The molecule has 0 unspecified atom stereocenters. The fraction of sp³-hybridized carbons (Fsp3) is 0.300. The minimum atomic E-state index is 0.167. The van der Waals surface area contributed by atoms with Crippen molar-refractivity contribution in [2.24, 2.45) is 5.92 Å². The van der Waals surface area contributed by atoms with Crippen molar-refractivity contribution in [3.8, 4) is 5.69 Å². The van der Waals surface area contributed by atoms with E-state index in [-0.39, 0.29) is 11.8 Å². The quantitative estimate of drug-likeness (QED) is 0.285. The monoisotopic (exact) mass is 517 g/mol. The molecule has 4 nitrogen and oxygen atoms in total. The molecule has 4 aromatic rings. The van der Waals surface area contributed by atoms with Gasteiger partial charge in [0, 0.05) is 45.5 Å². The Kier molecular flexibility index (Phi) is 6.51. The SMILES string of the molecule is O=C(Nc1cccc(C2CCN(Cc3cn(-c4cccc(Cl)c4)c4cc(Cl)ccc34)CC2)c1)C1CC1. The van der Waals surface area contributed by atoms with E-state index in [1.54, 1.807) is 0 Å². The highest BCUT2D eigenvalue weighted by atomic mass is 35.5. The number of piperidine rings is 1. The molecular weight excluding hydrogens is 489 g/mol. The zero-order chi connectivity index (χ0) is 24.6. The van der Waals surface area contributed by atoms with Gasteiger partial charge in [-0.2, -0.15) is 0 Å². The molecule has 1 saturated heterocycles. The highest BCUT2D eigenvalue weighted by Gasteiger charge is 2.29. The summed E-state index contributed by atoms with van der Waals surface area (Å²) in [5.74, 6) is 0.906. The van der Waals surface area contributed by atoms with E-state index in [1.165, 1.54) is 16.5 Å². The Hall–Kier alpha value is -2.79. The molecule has 0 atom stereocenters. The lowest BCUT2D eigenvalue weighted by atomic mass is 9.89. The number of likely N-dealkylation sites (tertiary alicyclic amines) is 1. The van der Waals surface area contributed by atoms with Gasteiger partial charge in [0.05, 0.1) is 5.52 Å². The molecule has 3 aromatic carbocycles. The predicted molar refractivity (Wildman–Crippen MR) is 148 cm³/mol. The first kappa shape index (κ1) is 23.6. The number of amides is 1. The summed E-state index contributed by atoms with van der Waals surface area (Å²) in [5, 5.41) is 5.77. The maximum atomic E-state index is 12.2. The average Bonchev–Trinajstić information content (AvgIpc) is 3.68. The van der Waals surface area contributed by atoms with Crippen molar-refractivity contribution >= 4 is 45.7 Å². The van der Waals surface area contributed by atoms with E-state index < -0.39 is 0 Å². The number of hydrogen-bond acceptors (Lipinski definition) is 2. The Balaban J connectivity index is 1.16. The number of nitrogens with zero attached hydrogens (tertiary/aromatic N) is 2. The van der Waals surface area contributed by atoms with Gasteiger partial charge in [0.2, 0.25) is 5.91 Å². The summed E-state index contributed by atoms with van der Waals surface area (Å²) >= 11 is 12.7. The van der Waals surface area contributed by atoms with Crippen LogP contribution in [0.2, 0.25) is 10.0 Å². The smallest absolute Gasteiger partial charge is 0.227 e. The summed E-state index contributed by atoms with van der Waals surface area (Å²) in [6.07, 6.45) is 6.49. The number of carbonyl (C=O) groups is 1. The van der Waals surface area contributed by atoms with E-state index in [0.717, 1.165) is 72.3 Å².